The maximum Gasteiger partial charge on any atom is 0.159 e. The molecule has 1 aromatic carbocycles. The maximum absolute atomic E-state index is 13.6. The Morgan fingerprint density at radius 1 is 0.941 bits per heavy atom. The fraction of sp³-hybridized carbons (Fsp3) is 0.200. The van der Waals surface area contributed by atoms with E-state index in [4.69, 9.17) is 4.74 Å². The van der Waals surface area contributed by atoms with E-state index < -0.39 is 11.6 Å². The predicted molar refractivity (Wildman–Crippen MR) is 121 cm³/mol. The summed E-state index contributed by atoms with van der Waals surface area (Å²) in [6.45, 7) is 1.92. The molecule has 0 spiro atoms. The van der Waals surface area contributed by atoms with Crippen molar-refractivity contribution in [2.45, 2.75) is 18.9 Å². The Morgan fingerprint density at radius 2 is 1.76 bits per heavy atom. The van der Waals surface area contributed by atoms with Gasteiger partial charge in [0.1, 0.15) is 17.6 Å². The SMILES string of the molecule is N#Cc1cc(Oc2cncc(-c3ccc(F)c(F)c3)c2)cnc1-c1cnn(C2CCNCC2)c1. The first-order chi connectivity index (χ1) is 16.6. The van der Waals surface area contributed by atoms with Crippen LogP contribution in [0.2, 0.25) is 0 Å². The molecule has 9 heteroatoms. The largest absolute Gasteiger partial charge is 0.454 e. The molecule has 1 N–H and O–H groups in total. The number of nitriles is 1. The van der Waals surface area contributed by atoms with Crippen molar-refractivity contribution in [3.63, 3.8) is 0 Å². The van der Waals surface area contributed by atoms with Crippen LogP contribution >= 0.6 is 0 Å². The van der Waals surface area contributed by atoms with Gasteiger partial charge in [0, 0.05) is 29.6 Å². The summed E-state index contributed by atoms with van der Waals surface area (Å²) in [5.41, 5.74) is 2.68. The Kier molecular flexibility index (Phi) is 5.97. The van der Waals surface area contributed by atoms with E-state index >= 15 is 0 Å². The fourth-order valence-electron chi connectivity index (χ4n) is 3.99. The van der Waals surface area contributed by atoms with Gasteiger partial charge >= 0.3 is 0 Å². The second-order valence-electron chi connectivity index (χ2n) is 8.01. The number of rotatable bonds is 5. The zero-order chi connectivity index (χ0) is 23.5. The van der Waals surface area contributed by atoms with Crippen LogP contribution in [-0.2, 0) is 0 Å². The molecule has 0 unspecified atom stereocenters. The number of ether oxygens (including phenoxy) is 1. The molecule has 34 heavy (non-hydrogen) atoms. The quantitative estimate of drug-likeness (QED) is 0.459. The van der Waals surface area contributed by atoms with Crippen LogP contribution in [0.5, 0.6) is 11.5 Å². The molecule has 5 rings (SSSR count). The Balaban J connectivity index is 1.37. The van der Waals surface area contributed by atoms with Crippen molar-refractivity contribution >= 4 is 0 Å². The fourth-order valence-corrected chi connectivity index (χ4v) is 3.99. The summed E-state index contributed by atoms with van der Waals surface area (Å²) in [4.78, 5) is 8.57. The highest BCUT2D eigenvalue weighted by Gasteiger charge is 2.18. The number of nitrogens with one attached hydrogen (secondary N) is 1. The van der Waals surface area contributed by atoms with Gasteiger partial charge in [-0.3, -0.25) is 14.6 Å². The Morgan fingerprint density at radius 3 is 2.56 bits per heavy atom. The summed E-state index contributed by atoms with van der Waals surface area (Å²) in [5, 5.41) is 17.5. The van der Waals surface area contributed by atoms with Crippen LogP contribution in [0.4, 0.5) is 8.78 Å². The highest BCUT2D eigenvalue weighted by Crippen LogP contribution is 2.30. The molecule has 0 radical (unpaired) electrons. The Labute approximate surface area is 194 Å². The molecule has 0 aliphatic carbocycles. The van der Waals surface area contributed by atoms with Gasteiger partial charge in [-0.1, -0.05) is 6.07 Å². The second kappa shape index (κ2) is 9.37. The van der Waals surface area contributed by atoms with Crippen LogP contribution in [0.25, 0.3) is 22.4 Å². The number of piperidine rings is 1. The number of pyridine rings is 2. The number of halogens is 2. The van der Waals surface area contributed by atoms with Gasteiger partial charge in [-0.05, 0) is 49.7 Å². The van der Waals surface area contributed by atoms with E-state index in [1.807, 2.05) is 10.9 Å². The van der Waals surface area contributed by atoms with Gasteiger partial charge < -0.3 is 10.1 Å². The number of nitrogens with zero attached hydrogens (tertiary/aromatic N) is 5. The van der Waals surface area contributed by atoms with Crippen molar-refractivity contribution < 1.29 is 13.5 Å². The van der Waals surface area contributed by atoms with E-state index in [0.29, 0.717) is 39.9 Å². The minimum atomic E-state index is -0.939. The van der Waals surface area contributed by atoms with E-state index in [-0.39, 0.29) is 0 Å². The molecule has 4 aromatic rings. The normalized spacial score (nSPS) is 14.0. The first kappa shape index (κ1) is 21.7. The average molecular weight is 458 g/mol. The molecule has 1 saturated heterocycles. The zero-order valence-corrected chi connectivity index (χ0v) is 18.1. The predicted octanol–water partition coefficient (Wildman–Crippen LogP) is 4.87. The smallest absolute Gasteiger partial charge is 0.159 e. The Bertz CT molecular complexity index is 1370. The lowest BCUT2D eigenvalue weighted by Gasteiger charge is -2.22. The number of hydrogen-bond donors (Lipinski definition) is 1. The number of hydrogen-bond acceptors (Lipinski definition) is 6. The minimum absolute atomic E-state index is 0.331. The Hall–Kier alpha value is -4.16. The van der Waals surface area contributed by atoms with E-state index in [1.165, 1.54) is 24.7 Å². The average Bonchev–Trinajstić information content (AvgIpc) is 3.36. The summed E-state index contributed by atoms with van der Waals surface area (Å²) in [7, 11) is 0. The summed E-state index contributed by atoms with van der Waals surface area (Å²) >= 11 is 0. The van der Waals surface area contributed by atoms with Crippen molar-refractivity contribution in [1.29, 1.82) is 5.26 Å². The zero-order valence-electron chi connectivity index (χ0n) is 18.1. The maximum atomic E-state index is 13.6. The van der Waals surface area contributed by atoms with Gasteiger partial charge in [-0.2, -0.15) is 10.4 Å². The molecule has 170 valence electrons. The molecule has 0 saturated carbocycles. The topological polar surface area (TPSA) is 88.7 Å². The van der Waals surface area contributed by atoms with E-state index in [9.17, 15) is 14.0 Å². The second-order valence-corrected chi connectivity index (χ2v) is 8.01. The molecule has 3 aromatic heterocycles. The van der Waals surface area contributed by atoms with Crippen LogP contribution in [0.3, 0.4) is 0 Å². The van der Waals surface area contributed by atoms with Crippen LogP contribution < -0.4 is 10.1 Å². The number of aromatic nitrogens is 4. The van der Waals surface area contributed by atoms with Crippen molar-refractivity contribution in [1.82, 2.24) is 25.1 Å². The third-order valence-corrected chi connectivity index (χ3v) is 5.74. The van der Waals surface area contributed by atoms with Crippen LogP contribution in [0.1, 0.15) is 24.4 Å². The summed E-state index contributed by atoms with van der Waals surface area (Å²) in [5.74, 6) is -1.12. The molecule has 7 nitrogen and oxygen atoms in total. The van der Waals surface area contributed by atoms with Crippen LogP contribution in [-0.4, -0.2) is 32.8 Å². The van der Waals surface area contributed by atoms with E-state index in [2.05, 4.69) is 26.5 Å². The van der Waals surface area contributed by atoms with E-state index in [0.717, 1.165) is 43.6 Å². The standard InChI is InChI=1S/C25H20F2N6O/c26-23-2-1-16(9-24(23)27)18-8-21(13-30-11-18)34-22-7-17(10-28)25(31-14-22)19-12-32-33(15-19)20-3-5-29-6-4-20/h1-2,7-9,11-15,20,29H,3-6H2. The third kappa shape index (κ3) is 4.49. The molecule has 0 bridgehead atoms. The van der Waals surface area contributed by atoms with Gasteiger partial charge in [-0.25, -0.2) is 8.78 Å². The van der Waals surface area contributed by atoms with Crippen LogP contribution in [0.15, 0.2) is 61.3 Å². The van der Waals surface area contributed by atoms with Gasteiger partial charge in [0.25, 0.3) is 0 Å². The van der Waals surface area contributed by atoms with Crippen molar-refractivity contribution in [2.24, 2.45) is 0 Å². The van der Waals surface area contributed by atoms with Crippen molar-refractivity contribution in [3.05, 3.63) is 78.5 Å². The first-order valence-electron chi connectivity index (χ1n) is 10.8. The number of benzene rings is 1. The van der Waals surface area contributed by atoms with Crippen molar-refractivity contribution in [3.8, 4) is 40.0 Å². The molecule has 0 atom stereocenters. The molecule has 1 aliphatic rings. The van der Waals surface area contributed by atoms with E-state index in [1.54, 1.807) is 18.3 Å². The summed E-state index contributed by atoms with van der Waals surface area (Å²) < 4.78 is 34.7. The summed E-state index contributed by atoms with van der Waals surface area (Å²) in [6.07, 6.45) is 10.2. The minimum Gasteiger partial charge on any atom is -0.454 e. The van der Waals surface area contributed by atoms with Gasteiger partial charge in [0.15, 0.2) is 11.6 Å². The van der Waals surface area contributed by atoms with Gasteiger partial charge in [0.2, 0.25) is 0 Å². The molecule has 1 aliphatic heterocycles. The monoisotopic (exact) mass is 458 g/mol. The van der Waals surface area contributed by atoms with Gasteiger partial charge in [-0.15, -0.1) is 0 Å². The van der Waals surface area contributed by atoms with Crippen LogP contribution in [0, 0.1) is 23.0 Å². The molecule has 4 heterocycles. The lowest BCUT2D eigenvalue weighted by molar-refractivity contribution is 0.343. The highest BCUT2D eigenvalue weighted by molar-refractivity contribution is 5.67. The lowest BCUT2D eigenvalue weighted by Crippen LogP contribution is -2.29. The lowest BCUT2D eigenvalue weighted by atomic mass is 10.1. The molecule has 1 fully saturated rings. The molecule has 0 amide bonds. The van der Waals surface area contributed by atoms with Crippen molar-refractivity contribution in [2.75, 3.05) is 13.1 Å². The third-order valence-electron chi connectivity index (χ3n) is 5.74. The molecular formula is C25H20F2N6O. The van der Waals surface area contributed by atoms with Gasteiger partial charge in [0.05, 0.1) is 35.9 Å². The highest BCUT2D eigenvalue weighted by atomic mass is 19.2. The summed E-state index contributed by atoms with van der Waals surface area (Å²) in [6, 6.07) is 9.40. The first-order valence-corrected chi connectivity index (χ1v) is 10.8. The molecular weight excluding hydrogens is 438 g/mol.